The van der Waals surface area contributed by atoms with Crippen molar-refractivity contribution in [2.45, 2.75) is 24.7 Å². The first-order chi connectivity index (χ1) is 15.3. The van der Waals surface area contributed by atoms with E-state index in [-0.39, 0.29) is 29.8 Å². The molecule has 1 aliphatic rings. The van der Waals surface area contributed by atoms with Gasteiger partial charge in [0.05, 0.1) is 10.6 Å². The molecule has 3 aromatic rings. The number of sulfonamides is 1. The largest absolute Gasteiger partial charge is 0.326 e. The zero-order valence-corrected chi connectivity index (χ0v) is 18.1. The zero-order chi connectivity index (χ0) is 22.9. The predicted molar refractivity (Wildman–Crippen MR) is 115 cm³/mol. The number of anilines is 1. The SMILES string of the molecule is Cc1ccnn1-c1cccc(NC(=O)C2CCN(S(=O)(=O)c3ccc(F)c(F)c3)CC2)c1. The molecule has 0 spiro atoms. The standard InChI is InChI=1S/C22H22F2N4O3S/c1-15-7-10-25-28(15)18-4-2-3-17(13-18)26-22(29)16-8-11-27(12-9-16)32(30,31)19-5-6-20(23)21(24)14-19/h2-7,10,13-14,16H,8-9,11-12H2,1H3,(H,26,29). The Balaban J connectivity index is 1.40. The van der Waals surface area contributed by atoms with Gasteiger partial charge in [-0.05, 0) is 62.2 Å². The molecule has 0 saturated carbocycles. The van der Waals surface area contributed by atoms with Crippen LogP contribution in [0.1, 0.15) is 18.5 Å². The van der Waals surface area contributed by atoms with Gasteiger partial charge in [-0.1, -0.05) is 6.07 Å². The van der Waals surface area contributed by atoms with Gasteiger partial charge in [0.25, 0.3) is 0 Å². The third-order valence-corrected chi connectivity index (χ3v) is 7.44. The Morgan fingerprint density at radius 3 is 2.47 bits per heavy atom. The number of nitrogens with zero attached hydrogens (tertiary/aromatic N) is 3. The third kappa shape index (κ3) is 4.42. The Morgan fingerprint density at radius 1 is 1.06 bits per heavy atom. The first-order valence-corrected chi connectivity index (χ1v) is 11.6. The van der Waals surface area contributed by atoms with Crippen LogP contribution in [0, 0.1) is 24.5 Å². The summed E-state index contributed by atoms with van der Waals surface area (Å²) >= 11 is 0. The fraction of sp³-hybridized carbons (Fsp3) is 0.273. The molecule has 2 aromatic carbocycles. The molecule has 1 aliphatic heterocycles. The van der Waals surface area contributed by atoms with Crippen LogP contribution in [0.4, 0.5) is 14.5 Å². The fourth-order valence-corrected chi connectivity index (χ4v) is 5.23. The van der Waals surface area contributed by atoms with Crippen LogP contribution < -0.4 is 5.32 Å². The Bertz CT molecular complexity index is 1250. The highest BCUT2D eigenvalue weighted by Gasteiger charge is 2.32. The second-order valence-corrected chi connectivity index (χ2v) is 9.62. The van der Waals surface area contributed by atoms with Crippen molar-refractivity contribution in [1.29, 1.82) is 0 Å². The molecule has 0 bridgehead atoms. The number of halogens is 2. The van der Waals surface area contributed by atoms with E-state index >= 15 is 0 Å². The van der Waals surface area contributed by atoms with Gasteiger partial charge in [-0.25, -0.2) is 21.9 Å². The number of rotatable bonds is 5. The Morgan fingerprint density at radius 2 is 1.81 bits per heavy atom. The van der Waals surface area contributed by atoms with E-state index in [1.807, 2.05) is 31.2 Å². The number of carbonyl (C=O) groups excluding carboxylic acids is 1. The molecule has 32 heavy (non-hydrogen) atoms. The summed E-state index contributed by atoms with van der Waals surface area (Å²) in [7, 11) is -3.96. The summed E-state index contributed by atoms with van der Waals surface area (Å²) in [5, 5.41) is 7.15. The van der Waals surface area contributed by atoms with Crippen LogP contribution in [-0.2, 0) is 14.8 Å². The van der Waals surface area contributed by atoms with Gasteiger partial charge in [-0.3, -0.25) is 4.79 Å². The molecule has 1 aromatic heterocycles. The van der Waals surface area contributed by atoms with E-state index in [0.29, 0.717) is 24.6 Å². The van der Waals surface area contributed by atoms with Crippen molar-refractivity contribution in [3.63, 3.8) is 0 Å². The average molecular weight is 461 g/mol. The van der Waals surface area contributed by atoms with Crippen molar-refractivity contribution in [2.24, 2.45) is 5.92 Å². The lowest BCUT2D eigenvalue weighted by atomic mass is 9.97. The first-order valence-electron chi connectivity index (χ1n) is 10.1. The molecule has 1 saturated heterocycles. The van der Waals surface area contributed by atoms with Gasteiger partial charge < -0.3 is 5.32 Å². The molecule has 4 rings (SSSR count). The monoisotopic (exact) mass is 460 g/mol. The van der Waals surface area contributed by atoms with Crippen molar-refractivity contribution in [3.8, 4) is 5.69 Å². The number of amides is 1. The minimum Gasteiger partial charge on any atom is -0.326 e. The Kier molecular flexibility index (Phi) is 6.07. The van der Waals surface area contributed by atoms with Gasteiger partial charge in [0.1, 0.15) is 0 Å². The smallest absolute Gasteiger partial charge is 0.243 e. The summed E-state index contributed by atoms with van der Waals surface area (Å²) in [5.74, 6) is -2.87. The molecule has 168 valence electrons. The van der Waals surface area contributed by atoms with Crippen LogP contribution in [0.25, 0.3) is 5.69 Å². The molecule has 2 heterocycles. The van der Waals surface area contributed by atoms with Gasteiger partial charge in [0, 0.05) is 36.6 Å². The molecule has 1 fully saturated rings. The summed E-state index contributed by atoms with van der Waals surface area (Å²) in [6.07, 6.45) is 2.35. The van der Waals surface area contributed by atoms with E-state index in [2.05, 4.69) is 10.4 Å². The van der Waals surface area contributed by atoms with Crippen molar-refractivity contribution in [2.75, 3.05) is 18.4 Å². The number of piperidine rings is 1. The molecular formula is C22H22F2N4O3S. The minimum atomic E-state index is -3.96. The maximum absolute atomic E-state index is 13.5. The molecule has 7 nitrogen and oxygen atoms in total. The highest BCUT2D eigenvalue weighted by molar-refractivity contribution is 7.89. The van der Waals surface area contributed by atoms with Gasteiger partial charge in [-0.15, -0.1) is 0 Å². The number of benzene rings is 2. The summed E-state index contributed by atoms with van der Waals surface area (Å²) < 4.78 is 55.0. The second-order valence-electron chi connectivity index (χ2n) is 7.68. The van der Waals surface area contributed by atoms with Crippen LogP contribution in [0.15, 0.2) is 59.6 Å². The molecular weight excluding hydrogens is 438 g/mol. The lowest BCUT2D eigenvalue weighted by molar-refractivity contribution is -0.120. The quantitative estimate of drug-likeness (QED) is 0.632. The van der Waals surface area contributed by atoms with Gasteiger partial charge in [0.15, 0.2) is 11.6 Å². The van der Waals surface area contributed by atoms with Gasteiger partial charge >= 0.3 is 0 Å². The van der Waals surface area contributed by atoms with Crippen LogP contribution in [0.2, 0.25) is 0 Å². The third-order valence-electron chi connectivity index (χ3n) is 5.54. The topological polar surface area (TPSA) is 84.3 Å². The molecule has 1 amide bonds. The van der Waals surface area contributed by atoms with E-state index in [1.165, 1.54) is 4.31 Å². The second kappa shape index (κ2) is 8.79. The van der Waals surface area contributed by atoms with Gasteiger partial charge in [0.2, 0.25) is 15.9 Å². The van der Waals surface area contributed by atoms with Crippen molar-refractivity contribution < 1.29 is 22.0 Å². The molecule has 0 atom stereocenters. The number of aryl methyl sites for hydroxylation is 1. The predicted octanol–water partition coefficient (Wildman–Crippen LogP) is 3.50. The summed E-state index contributed by atoms with van der Waals surface area (Å²) in [5.41, 5.74) is 2.40. The minimum absolute atomic E-state index is 0.117. The zero-order valence-electron chi connectivity index (χ0n) is 17.3. The van der Waals surface area contributed by atoms with Crippen molar-refractivity contribution in [1.82, 2.24) is 14.1 Å². The molecule has 0 unspecified atom stereocenters. The Hall–Kier alpha value is -3.11. The van der Waals surface area contributed by atoms with Crippen molar-refractivity contribution >= 4 is 21.6 Å². The van der Waals surface area contributed by atoms with E-state index in [0.717, 1.165) is 23.5 Å². The van der Waals surface area contributed by atoms with E-state index < -0.39 is 21.7 Å². The average Bonchev–Trinajstić information content (AvgIpc) is 3.21. The lowest BCUT2D eigenvalue weighted by Gasteiger charge is -2.30. The Labute approximate surface area is 184 Å². The first kappa shape index (κ1) is 22.1. The normalized spacial score (nSPS) is 15.6. The molecule has 0 radical (unpaired) electrons. The number of hydrogen-bond acceptors (Lipinski definition) is 4. The highest BCUT2D eigenvalue weighted by Crippen LogP contribution is 2.26. The van der Waals surface area contributed by atoms with Crippen LogP contribution >= 0.6 is 0 Å². The van der Waals surface area contributed by atoms with E-state index in [9.17, 15) is 22.0 Å². The van der Waals surface area contributed by atoms with Crippen LogP contribution in [0.3, 0.4) is 0 Å². The fourth-order valence-electron chi connectivity index (χ4n) is 3.74. The number of hydrogen-bond donors (Lipinski definition) is 1. The van der Waals surface area contributed by atoms with Crippen LogP contribution in [-0.4, -0.2) is 41.5 Å². The molecule has 10 heteroatoms. The number of nitrogens with one attached hydrogen (secondary N) is 1. The molecule has 1 N–H and O–H groups in total. The van der Waals surface area contributed by atoms with Gasteiger partial charge in [-0.2, -0.15) is 9.40 Å². The maximum atomic E-state index is 13.5. The highest BCUT2D eigenvalue weighted by atomic mass is 32.2. The number of aromatic nitrogens is 2. The maximum Gasteiger partial charge on any atom is 0.243 e. The van der Waals surface area contributed by atoms with E-state index in [1.54, 1.807) is 16.9 Å². The lowest BCUT2D eigenvalue weighted by Crippen LogP contribution is -2.41. The molecule has 0 aliphatic carbocycles. The van der Waals surface area contributed by atoms with E-state index in [4.69, 9.17) is 0 Å². The van der Waals surface area contributed by atoms with Crippen LogP contribution in [0.5, 0.6) is 0 Å². The van der Waals surface area contributed by atoms with Crippen molar-refractivity contribution in [3.05, 3.63) is 72.1 Å². The number of carbonyl (C=O) groups is 1. The summed E-state index contributed by atoms with van der Waals surface area (Å²) in [4.78, 5) is 12.4. The summed E-state index contributed by atoms with van der Waals surface area (Å²) in [6.45, 7) is 2.16. The summed E-state index contributed by atoms with van der Waals surface area (Å²) in [6, 6.07) is 11.7.